The molecular formula is C17H20N6O. The SMILES string of the molecule is NC(CN1CCN(c2ncccn2)CC1)c1nc2ccccc2o1. The summed E-state index contributed by atoms with van der Waals surface area (Å²) in [7, 11) is 0. The van der Waals surface area contributed by atoms with Gasteiger partial charge in [0.05, 0.1) is 6.04 Å². The molecule has 1 unspecified atom stereocenters. The lowest BCUT2D eigenvalue weighted by Gasteiger charge is -2.35. The molecule has 4 rings (SSSR count). The van der Waals surface area contributed by atoms with Gasteiger partial charge >= 0.3 is 0 Å². The van der Waals surface area contributed by atoms with Gasteiger partial charge in [0.1, 0.15) is 5.52 Å². The molecule has 0 bridgehead atoms. The maximum atomic E-state index is 6.30. The number of nitrogens with two attached hydrogens (primary N) is 1. The van der Waals surface area contributed by atoms with Crippen LogP contribution in [0.1, 0.15) is 11.9 Å². The molecule has 0 radical (unpaired) electrons. The van der Waals surface area contributed by atoms with Gasteiger partial charge in [-0.15, -0.1) is 0 Å². The maximum Gasteiger partial charge on any atom is 0.225 e. The predicted molar refractivity (Wildman–Crippen MR) is 91.6 cm³/mol. The van der Waals surface area contributed by atoms with Crippen LogP contribution in [0.4, 0.5) is 5.95 Å². The summed E-state index contributed by atoms with van der Waals surface area (Å²) in [5.74, 6) is 1.39. The van der Waals surface area contributed by atoms with Crippen molar-refractivity contribution in [2.45, 2.75) is 6.04 Å². The predicted octanol–water partition coefficient (Wildman–Crippen LogP) is 1.44. The van der Waals surface area contributed by atoms with Crippen LogP contribution >= 0.6 is 0 Å². The van der Waals surface area contributed by atoms with Crippen LogP contribution in [0.15, 0.2) is 47.1 Å². The van der Waals surface area contributed by atoms with E-state index in [9.17, 15) is 0 Å². The number of anilines is 1. The van der Waals surface area contributed by atoms with Gasteiger partial charge in [-0.25, -0.2) is 15.0 Å². The van der Waals surface area contributed by atoms with E-state index in [1.807, 2.05) is 30.3 Å². The molecule has 3 heterocycles. The first-order valence-electron chi connectivity index (χ1n) is 8.15. The summed E-state index contributed by atoms with van der Waals surface area (Å²) in [6, 6.07) is 9.35. The highest BCUT2D eigenvalue weighted by Gasteiger charge is 2.22. The number of benzene rings is 1. The number of hydrogen-bond donors (Lipinski definition) is 1. The highest BCUT2D eigenvalue weighted by atomic mass is 16.3. The van der Waals surface area contributed by atoms with Crippen LogP contribution in [0.2, 0.25) is 0 Å². The molecule has 0 aliphatic carbocycles. The molecule has 1 fully saturated rings. The Morgan fingerprint density at radius 1 is 1.04 bits per heavy atom. The van der Waals surface area contributed by atoms with E-state index in [-0.39, 0.29) is 6.04 Å². The lowest BCUT2D eigenvalue weighted by Crippen LogP contribution is -2.48. The summed E-state index contributed by atoms with van der Waals surface area (Å²) in [6.45, 7) is 4.36. The molecule has 7 nitrogen and oxygen atoms in total. The first-order chi connectivity index (χ1) is 11.8. The monoisotopic (exact) mass is 324 g/mol. The molecule has 124 valence electrons. The van der Waals surface area contributed by atoms with Crippen molar-refractivity contribution in [3.63, 3.8) is 0 Å². The molecule has 2 N–H and O–H groups in total. The lowest BCUT2D eigenvalue weighted by atomic mass is 10.2. The van der Waals surface area contributed by atoms with Gasteiger partial charge in [-0.05, 0) is 18.2 Å². The molecule has 1 atom stereocenters. The van der Waals surface area contributed by atoms with E-state index in [0.29, 0.717) is 5.89 Å². The second kappa shape index (κ2) is 6.54. The van der Waals surface area contributed by atoms with Crippen molar-refractivity contribution in [3.8, 4) is 0 Å². The summed E-state index contributed by atoms with van der Waals surface area (Å²) in [6.07, 6.45) is 3.55. The van der Waals surface area contributed by atoms with Gasteiger partial charge in [-0.3, -0.25) is 4.90 Å². The van der Waals surface area contributed by atoms with E-state index in [1.54, 1.807) is 12.4 Å². The van der Waals surface area contributed by atoms with Crippen molar-refractivity contribution in [3.05, 3.63) is 48.6 Å². The summed E-state index contributed by atoms with van der Waals surface area (Å²) in [5.41, 5.74) is 7.94. The molecule has 0 saturated carbocycles. The Bertz CT molecular complexity index is 764. The van der Waals surface area contributed by atoms with Crippen LogP contribution in [0.5, 0.6) is 0 Å². The van der Waals surface area contributed by atoms with Crippen LogP contribution in [-0.2, 0) is 0 Å². The molecule has 3 aromatic rings. The van der Waals surface area contributed by atoms with Crippen LogP contribution in [0.25, 0.3) is 11.1 Å². The van der Waals surface area contributed by atoms with Gasteiger partial charge in [0.15, 0.2) is 5.58 Å². The normalized spacial score (nSPS) is 17.3. The fraction of sp³-hybridized carbons (Fsp3) is 0.353. The Labute approximate surface area is 140 Å². The van der Waals surface area contributed by atoms with Gasteiger partial charge in [-0.1, -0.05) is 12.1 Å². The van der Waals surface area contributed by atoms with E-state index >= 15 is 0 Å². The smallest absolute Gasteiger partial charge is 0.225 e. The summed E-state index contributed by atoms with van der Waals surface area (Å²) in [5, 5.41) is 0. The fourth-order valence-electron chi connectivity index (χ4n) is 2.99. The number of aromatic nitrogens is 3. The van der Waals surface area contributed by atoms with Gasteiger partial charge < -0.3 is 15.1 Å². The molecule has 1 aromatic carbocycles. The Hall–Kier alpha value is -2.51. The van der Waals surface area contributed by atoms with Crippen molar-refractivity contribution in [2.75, 3.05) is 37.6 Å². The zero-order chi connectivity index (χ0) is 16.4. The van der Waals surface area contributed by atoms with Crippen molar-refractivity contribution in [1.82, 2.24) is 19.9 Å². The lowest BCUT2D eigenvalue weighted by molar-refractivity contribution is 0.232. The van der Waals surface area contributed by atoms with E-state index in [2.05, 4.69) is 24.8 Å². The second-order valence-corrected chi connectivity index (χ2v) is 5.96. The second-order valence-electron chi connectivity index (χ2n) is 5.96. The molecule has 1 aliphatic rings. The van der Waals surface area contributed by atoms with Crippen LogP contribution in [-0.4, -0.2) is 52.6 Å². The van der Waals surface area contributed by atoms with Gasteiger partial charge in [-0.2, -0.15) is 0 Å². The van der Waals surface area contributed by atoms with E-state index in [0.717, 1.165) is 49.8 Å². The quantitative estimate of drug-likeness (QED) is 0.777. The Balaban J connectivity index is 1.36. The molecule has 7 heteroatoms. The summed E-state index contributed by atoms with van der Waals surface area (Å²) < 4.78 is 5.77. The minimum atomic E-state index is -0.225. The summed E-state index contributed by atoms with van der Waals surface area (Å²) >= 11 is 0. The number of hydrogen-bond acceptors (Lipinski definition) is 7. The highest BCUT2D eigenvalue weighted by molar-refractivity contribution is 5.72. The van der Waals surface area contributed by atoms with E-state index < -0.39 is 0 Å². The minimum absolute atomic E-state index is 0.225. The van der Waals surface area contributed by atoms with E-state index in [1.165, 1.54) is 0 Å². The number of nitrogens with zero attached hydrogens (tertiary/aromatic N) is 5. The number of rotatable bonds is 4. The Morgan fingerprint density at radius 3 is 2.54 bits per heavy atom. The van der Waals surface area contributed by atoms with Crippen molar-refractivity contribution in [2.24, 2.45) is 5.73 Å². The average Bonchev–Trinajstić information content (AvgIpc) is 3.07. The van der Waals surface area contributed by atoms with E-state index in [4.69, 9.17) is 10.2 Å². The zero-order valence-corrected chi connectivity index (χ0v) is 13.4. The number of fused-ring (bicyclic) bond motifs is 1. The van der Waals surface area contributed by atoms with Gasteiger partial charge in [0.25, 0.3) is 0 Å². The van der Waals surface area contributed by atoms with Crippen molar-refractivity contribution >= 4 is 17.0 Å². The minimum Gasteiger partial charge on any atom is -0.439 e. The first kappa shape index (κ1) is 15.0. The highest BCUT2D eigenvalue weighted by Crippen LogP contribution is 2.20. The molecule has 2 aromatic heterocycles. The maximum absolute atomic E-state index is 6.30. The number of para-hydroxylation sites is 2. The molecule has 0 amide bonds. The van der Waals surface area contributed by atoms with Gasteiger partial charge in [0.2, 0.25) is 11.8 Å². The standard InChI is InChI=1S/C17H20N6O/c18-13(16-21-14-4-1-2-5-15(14)24-16)12-22-8-10-23(11-9-22)17-19-6-3-7-20-17/h1-7,13H,8-12,18H2. The third-order valence-electron chi connectivity index (χ3n) is 4.29. The van der Waals surface area contributed by atoms with Crippen LogP contribution in [0.3, 0.4) is 0 Å². The fourth-order valence-corrected chi connectivity index (χ4v) is 2.99. The van der Waals surface area contributed by atoms with Crippen LogP contribution < -0.4 is 10.6 Å². The molecule has 24 heavy (non-hydrogen) atoms. The summed E-state index contributed by atoms with van der Waals surface area (Å²) in [4.78, 5) is 17.6. The van der Waals surface area contributed by atoms with Crippen LogP contribution in [0, 0.1) is 0 Å². The third-order valence-corrected chi connectivity index (χ3v) is 4.29. The first-order valence-corrected chi connectivity index (χ1v) is 8.15. The molecule has 1 saturated heterocycles. The molecular weight excluding hydrogens is 304 g/mol. The largest absolute Gasteiger partial charge is 0.439 e. The Morgan fingerprint density at radius 2 is 1.79 bits per heavy atom. The van der Waals surface area contributed by atoms with Crippen molar-refractivity contribution < 1.29 is 4.42 Å². The Kier molecular flexibility index (Phi) is 4.10. The molecule has 1 aliphatic heterocycles. The topological polar surface area (TPSA) is 84.3 Å². The zero-order valence-electron chi connectivity index (χ0n) is 13.4. The third kappa shape index (κ3) is 3.08. The number of oxazole rings is 1. The molecule has 0 spiro atoms. The van der Waals surface area contributed by atoms with Gasteiger partial charge in [0, 0.05) is 45.1 Å². The average molecular weight is 324 g/mol. The van der Waals surface area contributed by atoms with Crippen molar-refractivity contribution in [1.29, 1.82) is 0 Å². The number of piperazine rings is 1.